The second kappa shape index (κ2) is 5.38. The number of nitrogens with two attached hydrogens (primary N) is 1. The van der Waals surface area contributed by atoms with Crippen molar-refractivity contribution >= 4 is 17.5 Å². The van der Waals surface area contributed by atoms with Crippen molar-refractivity contribution < 1.29 is 4.92 Å². The minimum absolute atomic E-state index is 0.0239. The summed E-state index contributed by atoms with van der Waals surface area (Å²) in [5.41, 5.74) is 5.92. The van der Waals surface area contributed by atoms with Crippen molar-refractivity contribution in [1.82, 2.24) is 9.97 Å². The van der Waals surface area contributed by atoms with Gasteiger partial charge < -0.3 is 10.6 Å². The van der Waals surface area contributed by atoms with Crippen LogP contribution in [-0.4, -0.2) is 28.0 Å². The van der Waals surface area contributed by atoms with Gasteiger partial charge in [0.15, 0.2) is 0 Å². The number of hydrogen-bond donors (Lipinski definition) is 1. The Morgan fingerprint density at radius 2 is 2.05 bits per heavy atom. The first-order valence-electron chi connectivity index (χ1n) is 6.56. The normalized spacial score (nSPS) is 16.6. The summed E-state index contributed by atoms with van der Waals surface area (Å²) in [6.45, 7) is 5.35. The highest BCUT2D eigenvalue weighted by atomic mass is 16.6. The number of aryl methyl sites for hydroxylation is 1. The van der Waals surface area contributed by atoms with Crippen molar-refractivity contribution in [2.24, 2.45) is 5.92 Å². The zero-order valence-electron chi connectivity index (χ0n) is 11.3. The molecular formula is C12H19N5O2. The van der Waals surface area contributed by atoms with Crippen molar-refractivity contribution in [3.8, 4) is 0 Å². The summed E-state index contributed by atoms with van der Waals surface area (Å²) in [5.74, 6) is 1.16. The number of rotatable bonds is 3. The third-order valence-corrected chi connectivity index (χ3v) is 3.73. The number of nitrogens with zero attached hydrogens (tertiary/aromatic N) is 4. The van der Waals surface area contributed by atoms with Gasteiger partial charge >= 0.3 is 5.69 Å². The first-order valence-corrected chi connectivity index (χ1v) is 6.56. The average molecular weight is 265 g/mol. The van der Waals surface area contributed by atoms with Crippen LogP contribution < -0.4 is 10.6 Å². The highest BCUT2D eigenvalue weighted by Gasteiger charge is 2.28. The summed E-state index contributed by atoms with van der Waals surface area (Å²) >= 11 is 0. The van der Waals surface area contributed by atoms with E-state index >= 15 is 0 Å². The molecule has 2 rings (SSSR count). The van der Waals surface area contributed by atoms with E-state index in [0.717, 1.165) is 32.4 Å². The molecule has 1 aromatic rings. The summed E-state index contributed by atoms with van der Waals surface area (Å²) in [6, 6.07) is 0. The van der Waals surface area contributed by atoms with Crippen LogP contribution in [0.3, 0.4) is 0 Å². The maximum absolute atomic E-state index is 11.2. The Labute approximate surface area is 112 Å². The van der Waals surface area contributed by atoms with Crippen molar-refractivity contribution in [3.05, 3.63) is 15.8 Å². The molecule has 0 aliphatic carbocycles. The monoisotopic (exact) mass is 265 g/mol. The average Bonchev–Trinajstić information content (AvgIpc) is 2.37. The van der Waals surface area contributed by atoms with Gasteiger partial charge in [-0.3, -0.25) is 10.1 Å². The van der Waals surface area contributed by atoms with Crippen LogP contribution in [0.4, 0.5) is 17.5 Å². The van der Waals surface area contributed by atoms with E-state index in [0.29, 0.717) is 17.4 Å². The molecular weight excluding hydrogens is 246 g/mol. The second-order valence-corrected chi connectivity index (χ2v) is 4.94. The van der Waals surface area contributed by atoms with E-state index in [1.807, 2.05) is 4.90 Å². The third-order valence-electron chi connectivity index (χ3n) is 3.73. The molecule has 0 aromatic carbocycles. The molecule has 1 saturated heterocycles. The maximum Gasteiger partial charge on any atom is 0.332 e. The van der Waals surface area contributed by atoms with Crippen LogP contribution in [0.2, 0.25) is 0 Å². The summed E-state index contributed by atoms with van der Waals surface area (Å²) in [5, 5.41) is 11.2. The van der Waals surface area contributed by atoms with E-state index in [4.69, 9.17) is 5.73 Å². The topological polar surface area (TPSA) is 98.2 Å². The fourth-order valence-corrected chi connectivity index (χ4v) is 2.56. The number of nitro groups is 1. The third kappa shape index (κ3) is 2.74. The molecule has 19 heavy (non-hydrogen) atoms. The van der Waals surface area contributed by atoms with Gasteiger partial charge in [0.05, 0.1) is 4.92 Å². The van der Waals surface area contributed by atoms with E-state index in [-0.39, 0.29) is 11.6 Å². The van der Waals surface area contributed by atoms with Crippen molar-refractivity contribution in [2.75, 3.05) is 23.7 Å². The first-order chi connectivity index (χ1) is 9.02. The van der Waals surface area contributed by atoms with Crippen molar-refractivity contribution in [1.29, 1.82) is 0 Å². The van der Waals surface area contributed by atoms with Gasteiger partial charge in [0.2, 0.25) is 11.8 Å². The van der Waals surface area contributed by atoms with E-state index in [9.17, 15) is 10.1 Å². The Hall–Kier alpha value is -1.92. The van der Waals surface area contributed by atoms with Gasteiger partial charge in [-0.1, -0.05) is 13.3 Å². The molecule has 0 spiro atoms. The number of aromatic nitrogens is 2. The van der Waals surface area contributed by atoms with Crippen molar-refractivity contribution in [3.63, 3.8) is 0 Å². The van der Waals surface area contributed by atoms with Gasteiger partial charge in [-0.15, -0.1) is 0 Å². The van der Waals surface area contributed by atoms with Gasteiger partial charge in [0.1, 0.15) is 5.69 Å². The second-order valence-electron chi connectivity index (χ2n) is 4.94. The molecule has 0 atom stereocenters. The van der Waals surface area contributed by atoms with Gasteiger partial charge in [-0.25, -0.2) is 4.98 Å². The van der Waals surface area contributed by atoms with Crippen LogP contribution in [0.1, 0.15) is 31.9 Å². The molecule has 1 aliphatic rings. The number of nitrogen functional groups attached to an aromatic ring is 1. The van der Waals surface area contributed by atoms with E-state index < -0.39 is 4.92 Å². The highest BCUT2D eigenvalue weighted by Crippen LogP contribution is 2.32. The molecule has 7 heteroatoms. The zero-order valence-corrected chi connectivity index (χ0v) is 11.3. The Balaban J connectivity index is 2.31. The van der Waals surface area contributed by atoms with Crippen LogP contribution >= 0.6 is 0 Å². The molecule has 1 fully saturated rings. The molecule has 104 valence electrons. The molecule has 0 radical (unpaired) electrons. The van der Waals surface area contributed by atoms with Gasteiger partial charge in [0.25, 0.3) is 0 Å². The molecule has 7 nitrogen and oxygen atoms in total. The fraction of sp³-hybridized carbons (Fsp3) is 0.667. The lowest BCUT2D eigenvalue weighted by Gasteiger charge is -2.32. The van der Waals surface area contributed by atoms with E-state index in [2.05, 4.69) is 16.9 Å². The Bertz CT molecular complexity index is 483. The molecule has 2 heterocycles. The summed E-state index contributed by atoms with van der Waals surface area (Å²) < 4.78 is 0. The quantitative estimate of drug-likeness (QED) is 0.662. The number of piperidine rings is 1. The number of anilines is 2. The summed E-state index contributed by atoms with van der Waals surface area (Å²) in [7, 11) is 0. The standard InChI is InChI=1S/C12H19N5O2/c1-3-9-4-6-16(7-5-9)11-10(17(18)19)8(2)14-12(13)15-11/h9H,3-7H2,1-2H3,(H2,13,14,15). The smallest absolute Gasteiger partial charge is 0.332 e. The molecule has 1 aromatic heterocycles. The minimum atomic E-state index is -0.421. The SMILES string of the molecule is CCC1CCN(c2nc(N)nc(C)c2[N+](=O)[O-])CC1. The van der Waals surface area contributed by atoms with Crippen LogP contribution in [-0.2, 0) is 0 Å². The van der Waals surface area contributed by atoms with Crippen LogP contribution in [0, 0.1) is 23.0 Å². The Morgan fingerprint density at radius 3 is 2.58 bits per heavy atom. The maximum atomic E-state index is 11.2. The molecule has 1 aliphatic heterocycles. The van der Waals surface area contributed by atoms with Crippen LogP contribution in [0.15, 0.2) is 0 Å². The lowest BCUT2D eigenvalue weighted by molar-refractivity contribution is -0.385. The van der Waals surface area contributed by atoms with Gasteiger partial charge in [-0.2, -0.15) is 4.98 Å². The summed E-state index contributed by atoms with van der Waals surface area (Å²) in [4.78, 5) is 20.7. The zero-order chi connectivity index (χ0) is 14.0. The first kappa shape index (κ1) is 13.5. The van der Waals surface area contributed by atoms with Crippen molar-refractivity contribution in [2.45, 2.75) is 33.1 Å². The van der Waals surface area contributed by atoms with Gasteiger partial charge in [0, 0.05) is 13.1 Å². The summed E-state index contributed by atoms with van der Waals surface area (Å²) in [6.07, 6.45) is 3.23. The lowest BCUT2D eigenvalue weighted by Crippen LogP contribution is -2.34. The predicted molar refractivity (Wildman–Crippen MR) is 73.1 cm³/mol. The lowest BCUT2D eigenvalue weighted by atomic mass is 9.94. The molecule has 0 bridgehead atoms. The molecule has 2 N–H and O–H groups in total. The molecule has 0 amide bonds. The van der Waals surface area contributed by atoms with Crippen LogP contribution in [0.5, 0.6) is 0 Å². The van der Waals surface area contributed by atoms with Gasteiger partial charge in [-0.05, 0) is 25.7 Å². The fourth-order valence-electron chi connectivity index (χ4n) is 2.56. The largest absolute Gasteiger partial charge is 0.368 e. The van der Waals surface area contributed by atoms with Crippen LogP contribution in [0.25, 0.3) is 0 Å². The molecule has 0 unspecified atom stereocenters. The van der Waals surface area contributed by atoms with E-state index in [1.54, 1.807) is 6.92 Å². The van der Waals surface area contributed by atoms with E-state index in [1.165, 1.54) is 0 Å². The Morgan fingerprint density at radius 1 is 1.42 bits per heavy atom. The highest BCUT2D eigenvalue weighted by molar-refractivity contribution is 5.62. The predicted octanol–water partition coefficient (Wildman–Crippen LogP) is 1.90. The minimum Gasteiger partial charge on any atom is -0.368 e. The number of hydrogen-bond acceptors (Lipinski definition) is 6. The Kier molecular flexibility index (Phi) is 3.82. The molecule has 0 saturated carbocycles.